The lowest BCUT2D eigenvalue weighted by Gasteiger charge is -2.18. The molecular weight excluding hydrogens is 901 g/mol. The van der Waals surface area contributed by atoms with Gasteiger partial charge < -0.3 is 14.2 Å². The Labute approximate surface area is 457 Å². The van der Waals surface area contributed by atoms with Gasteiger partial charge >= 0.3 is 17.9 Å². The third-order valence-electron chi connectivity index (χ3n) is 15.6. The highest BCUT2D eigenvalue weighted by atomic mass is 16.6. The summed E-state index contributed by atoms with van der Waals surface area (Å²) < 4.78 is 16.9. The summed E-state index contributed by atoms with van der Waals surface area (Å²) in [6.45, 7) is 6.71. The molecule has 0 aliphatic carbocycles. The van der Waals surface area contributed by atoms with Crippen molar-refractivity contribution in [2.75, 3.05) is 13.2 Å². The Morgan fingerprint density at radius 2 is 0.370 bits per heavy atom. The van der Waals surface area contributed by atoms with E-state index in [-0.39, 0.29) is 31.1 Å². The molecule has 0 saturated carbocycles. The van der Waals surface area contributed by atoms with E-state index in [9.17, 15) is 14.4 Å². The van der Waals surface area contributed by atoms with Gasteiger partial charge in [0.05, 0.1) is 0 Å². The maximum Gasteiger partial charge on any atom is 0.306 e. The van der Waals surface area contributed by atoms with E-state index in [0.717, 1.165) is 57.8 Å². The maximum absolute atomic E-state index is 12.9. The molecule has 0 N–H and O–H groups in total. The lowest BCUT2D eigenvalue weighted by atomic mass is 10.0. The maximum atomic E-state index is 12.9. The molecule has 0 amide bonds. The van der Waals surface area contributed by atoms with Crippen molar-refractivity contribution in [3.05, 3.63) is 0 Å². The van der Waals surface area contributed by atoms with Crippen LogP contribution >= 0.6 is 0 Å². The minimum Gasteiger partial charge on any atom is -0.462 e. The summed E-state index contributed by atoms with van der Waals surface area (Å²) in [4.78, 5) is 38.2. The Kier molecular flexibility index (Phi) is 61.6. The minimum absolute atomic E-state index is 0.0609. The van der Waals surface area contributed by atoms with E-state index in [1.54, 1.807) is 0 Å². The van der Waals surface area contributed by atoms with Crippen LogP contribution < -0.4 is 0 Å². The van der Waals surface area contributed by atoms with Gasteiger partial charge in [-0.25, -0.2) is 0 Å². The third-order valence-corrected chi connectivity index (χ3v) is 15.6. The molecule has 0 heterocycles. The van der Waals surface area contributed by atoms with E-state index >= 15 is 0 Å². The average molecular weight is 1030 g/mol. The minimum atomic E-state index is -0.761. The average Bonchev–Trinajstić information content (AvgIpc) is 3.39. The van der Waals surface area contributed by atoms with E-state index in [2.05, 4.69) is 20.8 Å². The molecule has 0 spiro atoms. The van der Waals surface area contributed by atoms with Crippen LogP contribution in [0.1, 0.15) is 393 Å². The van der Waals surface area contributed by atoms with Gasteiger partial charge in [0.1, 0.15) is 13.2 Å². The molecule has 0 radical (unpaired) electrons. The van der Waals surface area contributed by atoms with Crippen LogP contribution in [0, 0.1) is 0 Å². The predicted molar refractivity (Wildman–Crippen MR) is 317 cm³/mol. The highest BCUT2D eigenvalue weighted by molar-refractivity contribution is 5.71. The smallest absolute Gasteiger partial charge is 0.306 e. The van der Waals surface area contributed by atoms with Crippen molar-refractivity contribution in [1.29, 1.82) is 0 Å². The topological polar surface area (TPSA) is 78.9 Å². The standard InChI is InChI=1S/C67H130O6/c1-4-7-10-13-16-19-21-23-25-27-29-30-31-32-33-34-35-36-38-39-41-43-45-48-51-54-57-60-66(69)72-63-64(62-71-65(68)59-56-53-50-47-18-15-12-9-6-3)73-67(70)61-58-55-52-49-46-44-42-40-37-28-26-24-22-20-17-14-11-8-5-2/h64H,4-63H2,1-3H3. The summed E-state index contributed by atoms with van der Waals surface area (Å²) in [5.41, 5.74) is 0. The van der Waals surface area contributed by atoms with Gasteiger partial charge in [-0.05, 0) is 19.3 Å². The third kappa shape index (κ3) is 61.1. The zero-order chi connectivity index (χ0) is 52.9. The summed E-state index contributed by atoms with van der Waals surface area (Å²) in [7, 11) is 0. The van der Waals surface area contributed by atoms with Crippen molar-refractivity contribution >= 4 is 17.9 Å². The van der Waals surface area contributed by atoms with Crippen molar-refractivity contribution in [3.8, 4) is 0 Å². The van der Waals surface area contributed by atoms with Crippen LogP contribution in [0.5, 0.6) is 0 Å². The molecule has 73 heavy (non-hydrogen) atoms. The number of hydrogen-bond acceptors (Lipinski definition) is 6. The van der Waals surface area contributed by atoms with Gasteiger partial charge in [0.25, 0.3) is 0 Å². The van der Waals surface area contributed by atoms with E-state index < -0.39 is 6.10 Å². The van der Waals surface area contributed by atoms with Crippen LogP contribution in [0.15, 0.2) is 0 Å². The summed E-state index contributed by atoms with van der Waals surface area (Å²) in [5, 5.41) is 0. The highest BCUT2D eigenvalue weighted by Gasteiger charge is 2.19. The van der Waals surface area contributed by atoms with Crippen molar-refractivity contribution in [2.24, 2.45) is 0 Å². The first-order valence-electron chi connectivity index (χ1n) is 33.5. The first-order chi connectivity index (χ1) is 36.0. The van der Waals surface area contributed by atoms with Crippen LogP contribution in [-0.4, -0.2) is 37.2 Å². The summed E-state index contributed by atoms with van der Waals surface area (Å²) in [6.07, 6.45) is 72.8. The Morgan fingerprint density at radius 1 is 0.219 bits per heavy atom. The fourth-order valence-corrected chi connectivity index (χ4v) is 10.6. The zero-order valence-corrected chi connectivity index (χ0v) is 50.0. The quantitative estimate of drug-likeness (QED) is 0.0343. The molecule has 434 valence electrons. The normalized spacial score (nSPS) is 11.9. The summed E-state index contributed by atoms with van der Waals surface area (Å²) in [5.74, 6) is -0.830. The van der Waals surface area contributed by atoms with Gasteiger partial charge in [-0.3, -0.25) is 14.4 Å². The summed E-state index contributed by atoms with van der Waals surface area (Å²) >= 11 is 0. The van der Waals surface area contributed by atoms with Gasteiger partial charge in [0.2, 0.25) is 0 Å². The number of hydrogen-bond donors (Lipinski definition) is 0. The van der Waals surface area contributed by atoms with E-state index in [0.29, 0.717) is 19.3 Å². The monoisotopic (exact) mass is 1030 g/mol. The van der Waals surface area contributed by atoms with Crippen molar-refractivity contribution in [1.82, 2.24) is 0 Å². The molecule has 0 aliphatic rings. The number of unbranched alkanes of at least 4 members (excludes halogenated alkanes) is 52. The molecule has 0 saturated heterocycles. The van der Waals surface area contributed by atoms with Crippen LogP contribution in [0.4, 0.5) is 0 Å². The number of carbonyl (C=O) groups excluding carboxylic acids is 3. The second kappa shape index (κ2) is 62.9. The van der Waals surface area contributed by atoms with E-state index in [4.69, 9.17) is 14.2 Å². The Hall–Kier alpha value is -1.59. The second-order valence-corrected chi connectivity index (χ2v) is 23.1. The molecule has 0 bridgehead atoms. The first kappa shape index (κ1) is 71.4. The van der Waals surface area contributed by atoms with Crippen LogP contribution in [0.25, 0.3) is 0 Å². The second-order valence-electron chi connectivity index (χ2n) is 23.1. The number of carbonyl (C=O) groups is 3. The van der Waals surface area contributed by atoms with Gasteiger partial charge in [0, 0.05) is 19.3 Å². The first-order valence-corrected chi connectivity index (χ1v) is 33.5. The fourth-order valence-electron chi connectivity index (χ4n) is 10.6. The number of ether oxygens (including phenoxy) is 3. The van der Waals surface area contributed by atoms with Crippen molar-refractivity contribution in [2.45, 2.75) is 399 Å². The van der Waals surface area contributed by atoms with E-state index in [1.165, 1.54) is 295 Å². The highest BCUT2D eigenvalue weighted by Crippen LogP contribution is 2.19. The SMILES string of the molecule is CCCCCCCCCCCCCCCCCCCCCCCCCCCCCC(=O)OCC(COC(=O)CCCCCCCCCCC)OC(=O)CCCCCCCCCCCCCCCCCCCCC. The van der Waals surface area contributed by atoms with Gasteiger partial charge in [-0.15, -0.1) is 0 Å². The largest absolute Gasteiger partial charge is 0.462 e. The molecule has 0 rings (SSSR count). The lowest BCUT2D eigenvalue weighted by Crippen LogP contribution is -2.30. The zero-order valence-electron chi connectivity index (χ0n) is 50.0. The molecule has 0 aliphatic heterocycles. The van der Waals surface area contributed by atoms with Crippen molar-refractivity contribution in [3.63, 3.8) is 0 Å². The Balaban J connectivity index is 4.07. The van der Waals surface area contributed by atoms with Crippen LogP contribution in [-0.2, 0) is 28.6 Å². The fraction of sp³-hybridized carbons (Fsp3) is 0.955. The number of rotatable bonds is 63. The Bertz CT molecular complexity index is 1090. The van der Waals surface area contributed by atoms with E-state index in [1.807, 2.05) is 0 Å². The molecule has 6 nitrogen and oxygen atoms in total. The van der Waals surface area contributed by atoms with Crippen LogP contribution in [0.3, 0.4) is 0 Å². The Morgan fingerprint density at radius 3 is 0.548 bits per heavy atom. The summed E-state index contributed by atoms with van der Waals surface area (Å²) in [6, 6.07) is 0. The van der Waals surface area contributed by atoms with Crippen LogP contribution in [0.2, 0.25) is 0 Å². The van der Waals surface area contributed by atoms with Gasteiger partial charge in [-0.1, -0.05) is 355 Å². The molecule has 1 atom stereocenters. The van der Waals surface area contributed by atoms with Gasteiger partial charge in [-0.2, -0.15) is 0 Å². The lowest BCUT2D eigenvalue weighted by molar-refractivity contribution is -0.167. The molecule has 1 unspecified atom stereocenters. The number of esters is 3. The molecular formula is C67H130O6. The van der Waals surface area contributed by atoms with Crippen molar-refractivity contribution < 1.29 is 28.6 Å². The predicted octanol–water partition coefficient (Wildman–Crippen LogP) is 22.7. The molecule has 0 aromatic carbocycles. The van der Waals surface area contributed by atoms with Gasteiger partial charge in [0.15, 0.2) is 6.10 Å². The molecule has 0 fully saturated rings. The molecule has 6 heteroatoms. The molecule has 0 aromatic heterocycles. The molecule has 0 aromatic rings.